The first-order valence-electron chi connectivity index (χ1n) is 8.84. The van der Waals surface area contributed by atoms with Gasteiger partial charge in [0.05, 0.1) is 30.1 Å². The van der Waals surface area contributed by atoms with Crippen LogP contribution in [0.1, 0.15) is 11.1 Å². The zero-order valence-electron chi connectivity index (χ0n) is 15.0. The quantitative estimate of drug-likeness (QED) is 0.591. The Morgan fingerprint density at radius 1 is 1.17 bits per heavy atom. The molecule has 9 heteroatoms. The fourth-order valence-corrected chi connectivity index (χ4v) is 3.77. The summed E-state index contributed by atoms with van der Waals surface area (Å²) >= 11 is 1.41. The van der Waals surface area contributed by atoms with Crippen LogP contribution in [0.25, 0.3) is 0 Å². The highest BCUT2D eigenvalue weighted by Crippen LogP contribution is 2.35. The molecular formula is C20H15FN4O3S. The van der Waals surface area contributed by atoms with E-state index in [2.05, 4.69) is 14.4 Å². The number of anilines is 2. The number of hydrogen-bond donors (Lipinski definition) is 2. The van der Waals surface area contributed by atoms with Crippen molar-refractivity contribution in [2.75, 3.05) is 9.44 Å². The van der Waals surface area contributed by atoms with Crippen LogP contribution >= 0.6 is 12.1 Å². The molecule has 146 valence electrons. The minimum absolute atomic E-state index is 0.130. The Bertz CT molecular complexity index is 1110. The highest BCUT2D eigenvalue weighted by Gasteiger charge is 2.26. The number of fused-ring (bicyclic) bond motifs is 2. The SMILES string of the molecule is O=C1Oc2cc(Oc3ncccc3F)ccc2CN1Cc1ccc2c(c1)NSN2. The van der Waals surface area contributed by atoms with Crippen molar-refractivity contribution in [2.45, 2.75) is 13.1 Å². The van der Waals surface area contributed by atoms with Gasteiger partial charge < -0.3 is 18.9 Å². The highest BCUT2D eigenvalue weighted by molar-refractivity contribution is 8.02. The third-order valence-corrected chi connectivity index (χ3v) is 5.22. The second-order valence-electron chi connectivity index (χ2n) is 6.57. The predicted molar refractivity (Wildman–Crippen MR) is 107 cm³/mol. The standard InChI is InChI=1S/C20H15FN4O3S/c21-15-2-1-7-22-19(15)27-14-5-4-13-11-25(20(26)28-18(13)9-14)10-12-3-6-16-17(8-12)24-29-23-16/h1-9,23-24H,10-11H2. The normalized spacial score (nSPS) is 14.4. The van der Waals surface area contributed by atoms with Crippen LogP contribution in [0.3, 0.4) is 0 Å². The molecule has 0 saturated heterocycles. The third kappa shape index (κ3) is 3.52. The number of hydrogen-bond acceptors (Lipinski definition) is 7. The van der Waals surface area contributed by atoms with Gasteiger partial charge in [-0.15, -0.1) is 0 Å². The van der Waals surface area contributed by atoms with Gasteiger partial charge in [0.1, 0.15) is 11.5 Å². The zero-order valence-corrected chi connectivity index (χ0v) is 15.8. The number of pyridine rings is 1. The van der Waals surface area contributed by atoms with Crippen LogP contribution in [-0.4, -0.2) is 16.0 Å². The van der Waals surface area contributed by atoms with E-state index in [-0.39, 0.29) is 5.88 Å². The van der Waals surface area contributed by atoms with Crippen molar-refractivity contribution in [3.8, 4) is 17.4 Å². The van der Waals surface area contributed by atoms with Gasteiger partial charge in [0, 0.05) is 24.4 Å². The Balaban J connectivity index is 1.32. The van der Waals surface area contributed by atoms with E-state index in [1.165, 1.54) is 30.5 Å². The number of ether oxygens (including phenoxy) is 2. The van der Waals surface area contributed by atoms with Gasteiger partial charge in [-0.3, -0.25) is 4.90 Å². The van der Waals surface area contributed by atoms with Crippen molar-refractivity contribution in [3.05, 3.63) is 71.7 Å². The molecule has 5 rings (SSSR count). The van der Waals surface area contributed by atoms with Gasteiger partial charge in [-0.1, -0.05) is 6.07 Å². The Kier molecular flexibility index (Phi) is 4.36. The molecule has 2 aliphatic rings. The van der Waals surface area contributed by atoms with Gasteiger partial charge in [-0.25, -0.2) is 14.2 Å². The fraction of sp³-hybridized carbons (Fsp3) is 0.100. The van der Waals surface area contributed by atoms with E-state index < -0.39 is 11.9 Å². The summed E-state index contributed by atoms with van der Waals surface area (Å²) in [5, 5.41) is 0. The number of halogens is 1. The van der Waals surface area contributed by atoms with Crippen LogP contribution < -0.4 is 18.9 Å². The summed E-state index contributed by atoms with van der Waals surface area (Å²) in [4.78, 5) is 18.0. The summed E-state index contributed by atoms with van der Waals surface area (Å²) in [6, 6.07) is 13.8. The van der Waals surface area contributed by atoms with Gasteiger partial charge >= 0.3 is 6.09 Å². The smallest absolute Gasteiger partial charge is 0.415 e. The van der Waals surface area contributed by atoms with Gasteiger partial charge in [-0.2, -0.15) is 0 Å². The van der Waals surface area contributed by atoms with Crippen molar-refractivity contribution in [1.82, 2.24) is 9.88 Å². The predicted octanol–water partition coefficient (Wildman–Crippen LogP) is 4.93. The fourth-order valence-electron chi connectivity index (χ4n) is 3.15. The van der Waals surface area contributed by atoms with E-state index in [1.807, 2.05) is 18.2 Å². The monoisotopic (exact) mass is 410 g/mol. The summed E-state index contributed by atoms with van der Waals surface area (Å²) in [5.41, 5.74) is 3.84. The molecule has 3 aromatic rings. The second-order valence-corrected chi connectivity index (χ2v) is 7.18. The molecule has 0 radical (unpaired) electrons. The van der Waals surface area contributed by atoms with Gasteiger partial charge in [0.15, 0.2) is 5.82 Å². The van der Waals surface area contributed by atoms with E-state index >= 15 is 0 Å². The molecule has 1 amide bonds. The lowest BCUT2D eigenvalue weighted by atomic mass is 10.1. The van der Waals surface area contributed by atoms with E-state index in [0.717, 1.165) is 22.5 Å². The van der Waals surface area contributed by atoms with E-state index in [9.17, 15) is 9.18 Å². The average molecular weight is 410 g/mol. The number of amides is 1. The number of rotatable bonds is 4. The lowest BCUT2D eigenvalue weighted by Gasteiger charge is -2.28. The summed E-state index contributed by atoms with van der Waals surface area (Å²) in [5.74, 6) is 0.0496. The largest absolute Gasteiger partial charge is 0.436 e. The van der Waals surface area contributed by atoms with Crippen molar-refractivity contribution >= 4 is 29.6 Å². The summed E-state index contributed by atoms with van der Waals surface area (Å²) in [6.07, 6.45) is 0.998. The molecule has 29 heavy (non-hydrogen) atoms. The van der Waals surface area contributed by atoms with Gasteiger partial charge in [-0.05, 0) is 42.0 Å². The first-order chi connectivity index (χ1) is 14.2. The van der Waals surface area contributed by atoms with Crippen LogP contribution in [0.2, 0.25) is 0 Å². The maximum absolute atomic E-state index is 13.7. The minimum atomic E-state index is -0.564. The van der Waals surface area contributed by atoms with E-state index in [4.69, 9.17) is 9.47 Å². The average Bonchev–Trinajstić information content (AvgIpc) is 3.18. The maximum atomic E-state index is 13.7. The molecule has 2 aromatic carbocycles. The summed E-state index contributed by atoms with van der Waals surface area (Å²) in [6.45, 7) is 0.833. The molecule has 2 aliphatic heterocycles. The Labute approximate surface area is 170 Å². The number of nitrogens with one attached hydrogen (secondary N) is 2. The third-order valence-electron chi connectivity index (χ3n) is 4.57. The van der Waals surface area contributed by atoms with E-state index in [0.29, 0.717) is 24.6 Å². The topological polar surface area (TPSA) is 75.7 Å². The molecular weight excluding hydrogens is 395 g/mol. The van der Waals surface area contributed by atoms with Crippen LogP contribution in [0.15, 0.2) is 54.7 Å². The number of benzene rings is 2. The summed E-state index contributed by atoms with van der Waals surface area (Å²) in [7, 11) is 0. The molecule has 0 aliphatic carbocycles. The molecule has 1 aromatic heterocycles. The highest BCUT2D eigenvalue weighted by atomic mass is 32.2. The van der Waals surface area contributed by atoms with Crippen molar-refractivity contribution < 1.29 is 18.7 Å². The Morgan fingerprint density at radius 3 is 2.97 bits per heavy atom. The molecule has 3 heterocycles. The van der Waals surface area contributed by atoms with Crippen molar-refractivity contribution in [2.24, 2.45) is 0 Å². The molecule has 7 nitrogen and oxygen atoms in total. The first-order valence-corrected chi connectivity index (χ1v) is 9.66. The Morgan fingerprint density at radius 2 is 2.07 bits per heavy atom. The lowest BCUT2D eigenvalue weighted by molar-refractivity contribution is 0.135. The number of carbonyl (C=O) groups is 1. The molecule has 2 N–H and O–H groups in total. The van der Waals surface area contributed by atoms with Crippen molar-refractivity contribution in [1.29, 1.82) is 0 Å². The van der Waals surface area contributed by atoms with Crippen LogP contribution in [0.5, 0.6) is 17.4 Å². The number of carbonyl (C=O) groups excluding carboxylic acids is 1. The van der Waals surface area contributed by atoms with Crippen LogP contribution in [0, 0.1) is 5.82 Å². The van der Waals surface area contributed by atoms with Crippen molar-refractivity contribution in [3.63, 3.8) is 0 Å². The van der Waals surface area contributed by atoms with Gasteiger partial charge in [0.2, 0.25) is 0 Å². The summed E-state index contributed by atoms with van der Waals surface area (Å²) < 4.78 is 31.0. The molecule has 0 fully saturated rings. The molecule has 0 atom stereocenters. The first kappa shape index (κ1) is 17.6. The van der Waals surface area contributed by atoms with Crippen LogP contribution in [-0.2, 0) is 13.1 Å². The zero-order chi connectivity index (χ0) is 19.8. The number of aromatic nitrogens is 1. The molecule has 0 unspecified atom stereocenters. The number of nitrogens with zero attached hydrogens (tertiary/aromatic N) is 2. The van der Waals surface area contributed by atoms with Crippen LogP contribution in [0.4, 0.5) is 20.6 Å². The Hall–Kier alpha value is -3.46. The molecule has 0 saturated carbocycles. The van der Waals surface area contributed by atoms with E-state index in [1.54, 1.807) is 23.1 Å². The maximum Gasteiger partial charge on any atom is 0.415 e. The lowest BCUT2D eigenvalue weighted by Crippen LogP contribution is -2.36. The molecule has 0 spiro atoms. The minimum Gasteiger partial charge on any atom is -0.436 e. The van der Waals surface area contributed by atoms with Gasteiger partial charge in [0.25, 0.3) is 5.88 Å². The second kappa shape index (κ2) is 7.17. The molecule has 0 bridgehead atoms.